The van der Waals surface area contributed by atoms with Crippen LogP contribution >= 0.6 is 11.6 Å². The predicted octanol–water partition coefficient (Wildman–Crippen LogP) is 8.56. The van der Waals surface area contributed by atoms with E-state index in [1.165, 1.54) is 96.3 Å². The van der Waals surface area contributed by atoms with Gasteiger partial charge in [-0.05, 0) is 24.6 Å². The van der Waals surface area contributed by atoms with Crippen LogP contribution < -0.4 is 10.1 Å². The molecule has 0 saturated carbocycles. The zero-order valence-corrected chi connectivity index (χ0v) is 22.5. The molecule has 0 saturated heterocycles. The first-order valence-electron chi connectivity index (χ1n) is 13.9. The highest BCUT2D eigenvalue weighted by Crippen LogP contribution is 2.23. The van der Waals surface area contributed by atoms with E-state index in [9.17, 15) is 4.79 Å². The normalized spacial score (nSPS) is 11.0. The first-order chi connectivity index (χ1) is 17.2. The molecular weight excluding hydrogens is 458 g/mol. The van der Waals surface area contributed by atoms with Crippen molar-refractivity contribution in [3.63, 3.8) is 0 Å². The van der Waals surface area contributed by atoms with Crippen LogP contribution in [0.2, 0.25) is 5.02 Å². The Morgan fingerprint density at radius 1 is 0.829 bits per heavy atom. The first kappa shape index (κ1) is 29.2. The molecule has 0 spiro atoms. The van der Waals surface area contributed by atoms with Gasteiger partial charge in [-0.3, -0.25) is 4.79 Å². The quantitative estimate of drug-likeness (QED) is 0.173. The van der Waals surface area contributed by atoms with Gasteiger partial charge in [-0.1, -0.05) is 127 Å². The number of para-hydroxylation sites is 1. The van der Waals surface area contributed by atoms with Crippen molar-refractivity contribution >= 4 is 17.5 Å². The minimum absolute atomic E-state index is 0.137. The van der Waals surface area contributed by atoms with Gasteiger partial charge in [-0.15, -0.1) is 0 Å². The number of rotatable bonds is 21. The minimum Gasteiger partial charge on any atom is -0.470 e. The van der Waals surface area contributed by atoms with Crippen LogP contribution in [0.15, 0.2) is 36.5 Å². The number of unbranched alkanes of at least 4 members (excludes halogenated alkanes) is 15. The van der Waals surface area contributed by atoms with Crippen LogP contribution in [0.4, 0.5) is 0 Å². The Balaban J connectivity index is 1.39. The molecule has 0 aliphatic carbocycles. The zero-order chi connectivity index (χ0) is 25.0. The maximum absolute atomic E-state index is 12.3. The molecule has 0 unspecified atom stereocenters. The molecule has 2 aromatic rings. The van der Waals surface area contributed by atoms with Crippen LogP contribution in [0.1, 0.15) is 120 Å². The summed E-state index contributed by atoms with van der Waals surface area (Å²) in [6.45, 7) is 3.18. The number of nitrogens with one attached hydrogen (secondary N) is 1. The molecule has 1 N–H and O–H groups in total. The lowest BCUT2D eigenvalue weighted by molar-refractivity contribution is 0.0946. The Labute approximate surface area is 218 Å². The van der Waals surface area contributed by atoms with Crippen molar-refractivity contribution in [1.29, 1.82) is 0 Å². The highest BCUT2D eigenvalue weighted by Gasteiger charge is 2.09. The van der Waals surface area contributed by atoms with Gasteiger partial charge in [-0.2, -0.15) is 5.10 Å². The Hall–Kier alpha value is -2.01. The molecule has 1 aromatic carbocycles. The maximum Gasteiger partial charge on any atom is 0.271 e. The molecule has 2 rings (SSSR count). The number of hydrogen-bond acceptors (Lipinski definition) is 3. The average molecular weight is 504 g/mol. The number of carbonyl (C=O) groups is 1. The molecule has 1 amide bonds. The number of carbonyl (C=O) groups excluding carboxylic acids is 1. The lowest BCUT2D eigenvalue weighted by Gasteiger charge is -2.07. The van der Waals surface area contributed by atoms with E-state index >= 15 is 0 Å². The van der Waals surface area contributed by atoms with Crippen molar-refractivity contribution < 1.29 is 9.53 Å². The molecule has 0 bridgehead atoms. The molecule has 6 heteroatoms. The third-order valence-electron chi connectivity index (χ3n) is 6.38. The minimum atomic E-state index is -0.137. The van der Waals surface area contributed by atoms with E-state index in [0.717, 1.165) is 6.42 Å². The summed E-state index contributed by atoms with van der Waals surface area (Å²) in [5.41, 5.74) is 0.407. The SMILES string of the molecule is CCCCCCCCCCCCCCCCCCNC(=O)c1ccn(COc2ccccc2Cl)n1. The van der Waals surface area contributed by atoms with E-state index in [2.05, 4.69) is 17.3 Å². The summed E-state index contributed by atoms with van der Waals surface area (Å²) in [5, 5.41) is 7.81. The number of amides is 1. The first-order valence-corrected chi connectivity index (χ1v) is 14.3. The van der Waals surface area contributed by atoms with Crippen LogP contribution in [-0.4, -0.2) is 22.2 Å². The van der Waals surface area contributed by atoms with E-state index in [0.29, 0.717) is 23.0 Å². The zero-order valence-electron chi connectivity index (χ0n) is 21.8. The van der Waals surface area contributed by atoms with Gasteiger partial charge >= 0.3 is 0 Å². The molecular formula is C29H46ClN3O2. The largest absolute Gasteiger partial charge is 0.470 e. The Morgan fingerprint density at radius 2 is 1.37 bits per heavy atom. The predicted molar refractivity (Wildman–Crippen MR) is 146 cm³/mol. The van der Waals surface area contributed by atoms with E-state index in [-0.39, 0.29) is 12.6 Å². The molecule has 35 heavy (non-hydrogen) atoms. The summed E-state index contributed by atoms with van der Waals surface area (Å²) in [6, 6.07) is 9.00. The highest BCUT2D eigenvalue weighted by atomic mass is 35.5. The molecule has 0 atom stereocenters. The van der Waals surface area contributed by atoms with Crippen molar-refractivity contribution in [2.45, 2.75) is 116 Å². The molecule has 0 aliphatic rings. The second-order valence-electron chi connectivity index (χ2n) is 9.50. The van der Waals surface area contributed by atoms with Crippen LogP contribution in [0.25, 0.3) is 0 Å². The topological polar surface area (TPSA) is 56.2 Å². The number of ether oxygens (including phenoxy) is 1. The van der Waals surface area contributed by atoms with Gasteiger partial charge in [0.2, 0.25) is 0 Å². The molecule has 0 aliphatic heterocycles. The van der Waals surface area contributed by atoms with Gasteiger partial charge < -0.3 is 10.1 Å². The molecule has 0 radical (unpaired) electrons. The second-order valence-corrected chi connectivity index (χ2v) is 9.91. The van der Waals surface area contributed by atoms with Gasteiger partial charge in [0.15, 0.2) is 6.73 Å². The molecule has 1 aromatic heterocycles. The van der Waals surface area contributed by atoms with Crippen molar-refractivity contribution in [3.8, 4) is 5.75 Å². The lowest BCUT2D eigenvalue weighted by atomic mass is 10.0. The fraction of sp³-hybridized carbons (Fsp3) is 0.655. The Morgan fingerprint density at radius 3 is 1.94 bits per heavy atom. The lowest BCUT2D eigenvalue weighted by Crippen LogP contribution is -2.25. The van der Waals surface area contributed by atoms with E-state index in [1.54, 1.807) is 29.1 Å². The highest BCUT2D eigenvalue weighted by molar-refractivity contribution is 6.32. The van der Waals surface area contributed by atoms with Gasteiger partial charge in [0.05, 0.1) is 5.02 Å². The number of hydrogen-bond donors (Lipinski definition) is 1. The maximum atomic E-state index is 12.3. The van der Waals surface area contributed by atoms with Crippen molar-refractivity contribution in [3.05, 3.63) is 47.2 Å². The molecule has 5 nitrogen and oxygen atoms in total. The third kappa shape index (κ3) is 13.6. The summed E-state index contributed by atoms with van der Waals surface area (Å²) in [7, 11) is 0. The van der Waals surface area contributed by atoms with Gasteiger partial charge in [-0.25, -0.2) is 4.68 Å². The molecule has 196 valence electrons. The summed E-state index contributed by atoms with van der Waals surface area (Å²) >= 11 is 6.09. The van der Waals surface area contributed by atoms with E-state index in [4.69, 9.17) is 16.3 Å². The Bertz CT molecular complexity index is 809. The number of aromatic nitrogens is 2. The number of benzene rings is 1. The number of nitrogens with zero attached hydrogens (tertiary/aromatic N) is 2. The smallest absolute Gasteiger partial charge is 0.271 e. The summed E-state index contributed by atoms with van der Waals surface area (Å²) < 4.78 is 7.24. The van der Waals surface area contributed by atoms with Crippen molar-refractivity contribution in [2.24, 2.45) is 0 Å². The van der Waals surface area contributed by atoms with Gasteiger partial charge in [0.25, 0.3) is 5.91 Å². The Kier molecular flexibility index (Phi) is 16.0. The van der Waals surface area contributed by atoms with Gasteiger partial charge in [0, 0.05) is 12.7 Å². The molecule has 1 heterocycles. The summed E-state index contributed by atoms with van der Waals surface area (Å²) in [4.78, 5) is 12.3. The van der Waals surface area contributed by atoms with E-state index in [1.807, 2.05) is 12.1 Å². The fourth-order valence-corrected chi connectivity index (χ4v) is 4.41. The van der Waals surface area contributed by atoms with Crippen LogP contribution in [0.3, 0.4) is 0 Å². The third-order valence-corrected chi connectivity index (χ3v) is 6.69. The van der Waals surface area contributed by atoms with Crippen molar-refractivity contribution in [2.75, 3.05) is 6.54 Å². The fourth-order valence-electron chi connectivity index (χ4n) is 4.22. The van der Waals surface area contributed by atoms with Crippen LogP contribution in [0.5, 0.6) is 5.75 Å². The standard InChI is InChI=1S/C29H46ClN3O2/c1-2-3-4-5-6-7-8-9-10-11-12-13-14-15-16-19-23-31-29(34)27-22-24-33(32-27)25-35-28-21-18-17-20-26(28)30/h17-18,20-22,24H,2-16,19,23,25H2,1H3,(H,31,34). The van der Waals surface area contributed by atoms with Crippen LogP contribution in [-0.2, 0) is 6.73 Å². The average Bonchev–Trinajstić information content (AvgIpc) is 3.34. The number of halogens is 1. The summed E-state index contributed by atoms with van der Waals surface area (Å²) in [6.07, 6.45) is 23.3. The molecule has 0 fully saturated rings. The van der Waals surface area contributed by atoms with Crippen LogP contribution in [0, 0.1) is 0 Å². The monoisotopic (exact) mass is 503 g/mol. The van der Waals surface area contributed by atoms with E-state index < -0.39 is 0 Å². The second kappa shape index (κ2) is 19.2. The van der Waals surface area contributed by atoms with Gasteiger partial charge in [0.1, 0.15) is 11.4 Å². The summed E-state index contributed by atoms with van der Waals surface area (Å²) in [5.74, 6) is 0.460. The van der Waals surface area contributed by atoms with Crippen molar-refractivity contribution in [1.82, 2.24) is 15.1 Å².